The van der Waals surface area contributed by atoms with Crippen LogP contribution >= 0.6 is 0 Å². The number of carbonyl (C=O) groups is 2. The molecular weight excluding hydrogens is 348 g/mol. The Balaban J connectivity index is 1.68. The Morgan fingerprint density at radius 2 is 1.81 bits per heavy atom. The summed E-state index contributed by atoms with van der Waals surface area (Å²) in [6.45, 7) is 1.45. The molecule has 2 atom stereocenters. The molecule has 7 nitrogen and oxygen atoms in total. The zero-order valence-electron chi connectivity index (χ0n) is 15.2. The van der Waals surface area contributed by atoms with Gasteiger partial charge in [-0.1, -0.05) is 30.3 Å². The fourth-order valence-electron chi connectivity index (χ4n) is 2.97. The number of carbonyl (C=O) groups excluding carboxylic acids is 2. The van der Waals surface area contributed by atoms with Gasteiger partial charge in [-0.05, 0) is 36.8 Å². The number of para-hydroxylation sites is 1. The van der Waals surface area contributed by atoms with Crippen LogP contribution in [0.15, 0.2) is 54.6 Å². The molecule has 0 aromatic heterocycles. The standard InChI is InChI=1S/C20H22N2O5/c1-20(14-7-6-10-17(11-14)26-2)18(24)22(19(25)21-20)12-15(23)13-27-16-8-4-3-5-9-16/h3-11,15,23H,12-13H2,1-2H3,(H,21,25). The van der Waals surface area contributed by atoms with Gasteiger partial charge in [0.1, 0.15) is 29.7 Å². The van der Waals surface area contributed by atoms with Gasteiger partial charge >= 0.3 is 6.03 Å². The van der Waals surface area contributed by atoms with Crippen molar-refractivity contribution in [2.75, 3.05) is 20.3 Å². The highest BCUT2D eigenvalue weighted by Crippen LogP contribution is 2.31. The zero-order chi connectivity index (χ0) is 19.4. The van der Waals surface area contributed by atoms with Crippen LogP contribution in [-0.4, -0.2) is 48.3 Å². The van der Waals surface area contributed by atoms with Crippen molar-refractivity contribution in [2.24, 2.45) is 0 Å². The average Bonchev–Trinajstić information content (AvgIpc) is 2.91. The molecule has 3 amide bonds. The van der Waals surface area contributed by atoms with Crippen LogP contribution in [0, 0.1) is 0 Å². The number of aliphatic hydroxyl groups is 1. The van der Waals surface area contributed by atoms with Gasteiger partial charge in [0.2, 0.25) is 0 Å². The summed E-state index contributed by atoms with van der Waals surface area (Å²) < 4.78 is 10.7. The maximum atomic E-state index is 12.9. The van der Waals surface area contributed by atoms with Gasteiger partial charge in [-0.3, -0.25) is 9.69 Å². The Bertz CT molecular complexity index is 826. The fraction of sp³-hybridized carbons (Fsp3) is 0.300. The molecular formula is C20H22N2O5. The number of methoxy groups -OCH3 is 1. The molecule has 2 aromatic rings. The Morgan fingerprint density at radius 3 is 2.52 bits per heavy atom. The van der Waals surface area contributed by atoms with Crippen molar-refractivity contribution in [2.45, 2.75) is 18.6 Å². The number of imide groups is 1. The molecule has 1 heterocycles. The lowest BCUT2D eigenvalue weighted by Crippen LogP contribution is -2.42. The lowest BCUT2D eigenvalue weighted by atomic mass is 9.92. The van der Waals surface area contributed by atoms with Crippen molar-refractivity contribution in [1.82, 2.24) is 10.2 Å². The van der Waals surface area contributed by atoms with Crippen LogP contribution in [0.5, 0.6) is 11.5 Å². The Labute approximate surface area is 157 Å². The highest BCUT2D eigenvalue weighted by molar-refractivity contribution is 6.07. The Kier molecular flexibility index (Phi) is 5.32. The molecule has 0 bridgehead atoms. The first-order valence-electron chi connectivity index (χ1n) is 8.58. The highest BCUT2D eigenvalue weighted by atomic mass is 16.5. The lowest BCUT2D eigenvalue weighted by Gasteiger charge is -2.23. The maximum absolute atomic E-state index is 12.9. The molecule has 2 N–H and O–H groups in total. The molecule has 142 valence electrons. The van der Waals surface area contributed by atoms with E-state index < -0.39 is 23.6 Å². The van der Waals surface area contributed by atoms with Gasteiger partial charge in [-0.25, -0.2) is 4.79 Å². The predicted octanol–water partition coefficient (Wildman–Crippen LogP) is 1.90. The predicted molar refractivity (Wildman–Crippen MR) is 98.5 cm³/mol. The molecule has 0 radical (unpaired) electrons. The summed E-state index contributed by atoms with van der Waals surface area (Å²) in [5.41, 5.74) is -0.608. The second kappa shape index (κ2) is 7.67. The number of amides is 3. The molecule has 1 aliphatic rings. The van der Waals surface area contributed by atoms with E-state index in [9.17, 15) is 14.7 Å². The van der Waals surface area contributed by atoms with Gasteiger partial charge in [-0.15, -0.1) is 0 Å². The minimum Gasteiger partial charge on any atom is -0.497 e. The number of aliphatic hydroxyl groups excluding tert-OH is 1. The van der Waals surface area contributed by atoms with Gasteiger partial charge in [0.25, 0.3) is 5.91 Å². The van der Waals surface area contributed by atoms with E-state index in [0.29, 0.717) is 17.1 Å². The SMILES string of the molecule is COc1cccc(C2(C)NC(=O)N(CC(O)COc3ccccc3)C2=O)c1. The summed E-state index contributed by atoms with van der Waals surface area (Å²) in [5, 5.41) is 12.9. The maximum Gasteiger partial charge on any atom is 0.325 e. The molecule has 1 fully saturated rings. The van der Waals surface area contributed by atoms with Gasteiger partial charge in [-0.2, -0.15) is 0 Å². The summed E-state index contributed by atoms with van der Waals surface area (Å²) in [5.74, 6) is 0.764. The summed E-state index contributed by atoms with van der Waals surface area (Å²) in [4.78, 5) is 26.3. The largest absolute Gasteiger partial charge is 0.497 e. The minimum absolute atomic E-state index is 0.0308. The fourth-order valence-corrected chi connectivity index (χ4v) is 2.97. The first-order valence-corrected chi connectivity index (χ1v) is 8.58. The zero-order valence-corrected chi connectivity index (χ0v) is 15.2. The molecule has 27 heavy (non-hydrogen) atoms. The third-order valence-corrected chi connectivity index (χ3v) is 4.50. The summed E-state index contributed by atoms with van der Waals surface area (Å²) in [6.07, 6.45) is -1.01. The van der Waals surface area contributed by atoms with E-state index in [4.69, 9.17) is 9.47 Å². The summed E-state index contributed by atoms with van der Waals surface area (Å²) in [6, 6.07) is 15.4. The van der Waals surface area contributed by atoms with Gasteiger partial charge < -0.3 is 19.9 Å². The van der Waals surface area contributed by atoms with Gasteiger partial charge in [0.15, 0.2) is 0 Å². The van der Waals surface area contributed by atoms with Crippen LogP contribution in [0.3, 0.4) is 0 Å². The first-order chi connectivity index (χ1) is 12.9. The number of rotatable bonds is 7. The normalized spacial score (nSPS) is 20.3. The molecule has 0 spiro atoms. The van der Waals surface area contributed by atoms with Crippen molar-refractivity contribution >= 4 is 11.9 Å². The topological polar surface area (TPSA) is 88.1 Å². The van der Waals surface area contributed by atoms with Crippen LogP contribution in [0.25, 0.3) is 0 Å². The molecule has 0 saturated carbocycles. The third kappa shape index (κ3) is 3.88. The van der Waals surface area contributed by atoms with E-state index >= 15 is 0 Å². The Morgan fingerprint density at radius 1 is 1.11 bits per heavy atom. The van der Waals surface area contributed by atoms with Crippen LogP contribution in [0.1, 0.15) is 12.5 Å². The van der Waals surface area contributed by atoms with E-state index in [1.807, 2.05) is 18.2 Å². The number of nitrogens with zero attached hydrogens (tertiary/aromatic N) is 1. The minimum atomic E-state index is -1.22. The number of ether oxygens (including phenoxy) is 2. The second-order valence-corrected chi connectivity index (χ2v) is 6.48. The van der Waals surface area contributed by atoms with Crippen molar-refractivity contribution < 1.29 is 24.2 Å². The highest BCUT2D eigenvalue weighted by Gasteiger charge is 2.49. The number of benzene rings is 2. The van der Waals surface area contributed by atoms with Crippen molar-refractivity contribution in [3.63, 3.8) is 0 Å². The number of hydrogen-bond donors (Lipinski definition) is 2. The van der Waals surface area contributed by atoms with E-state index in [2.05, 4.69) is 5.32 Å². The molecule has 1 saturated heterocycles. The molecule has 2 unspecified atom stereocenters. The van der Waals surface area contributed by atoms with Crippen LogP contribution in [-0.2, 0) is 10.3 Å². The van der Waals surface area contributed by atoms with Crippen LogP contribution in [0.2, 0.25) is 0 Å². The third-order valence-electron chi connectivity index (χ3n) is 4.50. The first kappa shape index (κ1) is 18.7. The Hall–Kier alpha value is -3.06. The summed E-state index contributed by atoms with van der Waals surface area (Å²) in [7, 11) is 1.53. The molecule has 7 heteroatoms. The van der Waals surface area contributed by atoms with Crippen LogP contribution < -0.4 is 14.8 Å². The molecule has 1 aliphatic heterocycles. The van der Waals surface area contributed by atoms with E-state index in [-0.39, 0.29) is 13.2 Å². The lowest BCUT2D eigenvalue weighted by molar-refractivity contribution is -0.132. The molecule has 3 rings (SSSR count). The van der Waals surface area contributed by atoms with Crippen LogP contribution in [0.4, 0.5) is 4.79 Å². The van der Waals surface area contributed by atoms with Gasteiger partial charge in [0, 0.05) is 0 Å². The van der Waals surface area contributed by atoms with Gasteiger partial charge in [0.05, 0.1) is 13.7 Å². The number of urea groups is 1. The monoisotopic (exact) mass is 370 g/mol. The van der Waals surface area contributed by atoms with Crippen molar-refractivity contribution in [3.05, 3.63) is 60.2 Å². The smallest absolute Gasteiger partial charge is 0.325 e. The quantitative estimate of drug-likeness (QED) is 0.727. The second-order valence-electron chi connectivity index (χ2n) is 6.48. The molecule has 0 aliphatic carbocycles. The number of nitrogens with one attached hydrogen (secondary N) is 1. The van der Waals surface area contributed by atoms with Crippen molar-refractivity contribution in [1.29, 1.82) is 0 Å². The number of hydrogen-bond acceptors (Lipinski definition) is 5. The van der Waals surface area contributed by atoms with E-state index in [1.54, 1.807) is 43.3 Å². The van der Waals surface area contributed by atoms with E-state index in [0.717, 1.165) is 4.90 Å². The summed E-state index contributed by atoms with van der Waals surface area (Å²) >= 11 is 0. The van der Waals surface area contributed by atoms with E-state index in [1.165, 1.54) is 7.11 Å². The average molecular weight is 370 g/mol. The number of β-amino-alcohol motifs (C(OH)–C–C–N with tert-alkyl or cyclic N) is 1. The van der Waals surface area contributed by atoms with Crippen molar-refractivity contribution in [3.8, 4) is 11.5 Å². The molecule has 2 aromatic carbocycles.